The molecule has 4 heterocycles. The molecule has 3 aliphatic rings. The molecule has 220 valence electrons. The number of rotatable bonds is 7. The van der Waals surface area contributed by atoms with Gasteiger partial charge in [0.1, 0.15) is 12.1 Å². The number of aromatic amines is 1. The average Bonchev–Trinajstić information content (AvgIpc) is 3.53. The van der Waals surface area contributed by atoms with Crippen LogP contribution in [0.1, 0.15) is 45.2 Å². The molecular formula is C34H35N5O4. The zero-order chi connectivity index (χ0) is 29.5. The second kappa shape index (κ2) is 11.3. The molecule has 0 unspecified atom stereocenters. The van der Waals surface area contributed by atoms with Crippen LogP contribution >= 0.6 is 0 Å². The fraction of sp³-hybridized carbons (Fsp3) is 0.324. The van der Waals surface area contributed by atoms with Crippen molar-refractivity contribution in [3.63, 3.8) is 0 Å². The van der Waals surface area contributed by atoms with Gasteiger partial charge in [0, 0.05) is 42.7 Å². The predicted octanol–water partition coefficient (Wildman–Crippen LogP) is 4.41. The summed E-state index contributed by atoms with van der Waals surface area (Å²) in [7, 11) is 0. The van der Waals surface area contributed by atoms with Crippen molar-refractivity contribution in [2.45, 2.75) is 31.8 Å². The lowest BCUT2D eigenvalue weighted by atomic mass is 9.87. The van der Waals surface area contributed by atoms with Gasteiger partial charge in [-0.2, -0.15) is 0 Å². The summed E-state index contributed by atoms with van der Waals surface area (Å²) in [5.41, 5.74) is 5.60. The molecule has 4 aromatic rings. The summed E-state index contributed by atoms with van der Waals surface area (Å²) in [6, 6.07) is 21.4. The Kier molecular flexibility index (Phi) is 7.20. The molecule has 0 saturated carbocycles. The van der Waals surface area contributed by atoms with Crippen LogP contribution in [0, 0.1) is 6.92 Å². The molecule has 0 radical (unpaired) electrons. The van der Waals surface area contributed by atoms with E-state index in [-0.39, 0.29) is 11.8 Å². The van der Waals surface area contributed by atoms with Gasteiger partial charge in [-0.05, 0) is 54.8 Å². The number of aromatic nitrogens is 1. The van der Waals surface area contributed by atoms with Crippen molar-refractivity contribution in [3.05, 3.63) is 101 Å². The number of carbonyl (C=O) groups excluding carboxylic acids is 3. The maximum absolute atomic E-state index is 14.4. The average molecular weight is 578 g/mol. The zero-order valence-corrected chi connectivity index (χ0v) is 24.2. The summed E-state index contributed by atoms with van der Waals surface area (Å²) in [5.74, 6) is -0.609. The number of morpholine rings is 1. The quantitative estimate of drug-likeness (QED) is 0.251. The van der Waals surface area contributed by atoms with Crippen LogP contribution in [0.5, 0.6) is 0 Å². The van der Waals surface area contributed by atoms with E-state index in [9.17, 15) is 14.4 Å². The Labute approximate surface area is 250 Å². The molecule has 2 fully saturated rings. The van der Waals surface area contributed by atoms with E-state index < -0.39 is 18.1 Å². The fourth-order valence-electron chi connectivity index (χ4n) is 6.80. The highest BCUT2D eigenvalue weighted by atomic mass is 16.5. The predicted molar refractivity (Wildman–Crippen MR) is 164 cm³/mol. The molecule has 0 bridgehead atoms. The number of nitrogens with one attached hydrogen (secondary N) is 2. The Bertz CT molecular complexity index is 1710. The van der Waals surface area contributed by atoms with Crippen molar-refractivity contribution < 1.29 is 19.1 Å². The number of hydrogen-bond acceptors (Lipinski definition) is 5. The molecule has 2 saturated heterocycles. The number of imide groups is 1. The number of H-pyrrole nitrogens is 1. The van der Waals surface area contributed by atoms with E-state index in [4.69, 9.17) is 4.74 Å². The molecule has 1 aromatic heterocycles. The zero-order valence-electron chi connectivity index (χ0n) is 24.2. The van der Waals surface area contributed by atoms with Crippen LogP contribution < -0.4 is 10.2 Å². The number of anilines is 1. The normalized spacial score (nSPS) is 20.4. The van der Waals surface area contributed by atoms with Gasteiger partial charge >= 0.3 is 6.03 Å². The molecule has 0 spiro atoms. The first-order chi connectivity index (χ1) is 21.0. The molecule has 4 amide bonds. The van der Waals surface area contributed by atoms with Crippen LogP contribution in [-0.4, -0.2) is 78.1 Å². The van der Waals surface area contributed by atoms with E-state index in [0.29, 0.717) is 24.2 Å². The molecule has 43 heavy (non-hydrogen) atoms. The number of hydrogen-bond donors (Lipinski definition) is 2. The topological polar surface area (TPSA) is 98.0 Å². The number of ether oxygens (including phenoxy) is 1. The summed E-state index contributed by atoms with van der Waals surface area (Å²) in [5, 5.41) is 4.06. The van der Waals surface area contributed by atoms with Crippen molar-refractivity contribution in [2.75, 3.05) is 44.3 Å². The maximum Gasteiger partial charge on any atom is 0.332 e. The molecule has 9 nitrogen and oxygen atoms in total. The SMILES string of the molecule is Cc1ccccc1[C@H]1c2[nH]c3ccccc3c2C[C@H]2C(=O)N(c3ccccc3C(=O)NCCCN3CCOCC3)C(=O)N12. The van der Waals surface area contributed by atoms with Gasteiger partial charge in [-0.15, -0.1) is 0 Å². The second-order valence-electron chi connectivity index (χ2n) is 11.5. The van der Waals surface area contributed by atoms with Gasteiger partial charge in [-0.1, -0.05) is 54.6 Å². The van der Waals surface area contributed by atoms with E-state index >= 15 is 0 Å². The smallest absolute Gasteiger partial charge is 0.332 e. The molecule has 3 aliphatic heterocycles. The number of fused-ring (bicyclic) bond motifs is 4. The highest BCUT2D eigenvalue weighted by molar-refractivity contribution is 6.24. The molecule has 3 aromatic carbocycles. The first-order valence-corrected chi connectivity index (χ1v) is 15.0. The molecule has 7 rings (SSSR count). The van der Waals surface area contributed by atoms with Gasteiger partial charge in [0.05, 0.1) is 24.5 Å². The van der Waals surface area contributed by atoms with Crippen LogP contribution in [0.25, 0.3) is 10.9 Å². The van der Waals surface area contributed by atoms with E-state index in [1.165, 1.54) is 4.90 Å². The van der Waals surface area contributed by atoms with Crippen LogP contribution in [0.15, 0.2) is 72.8 Å². The third-order valence-corrected chi connectivity index (χ3v) is 8.96. The third kappa shape index (κ3) is 4.78. The Morgan fingerprint density at radius 3 is 2.56 bits per heavy atom. The monoisotopic (exact) mass is 577 g/mol. The fourth-order valence-corrected chi connectivity index (χ4v) is 6.80. The van der Waals surface area contributed by atoms with Gasteiger partial charge in [-0.25, -0.2) is 9.69 Å². The summed E-state index contributed by atoms with van der Waals surface area (Å²) in [6.45, 7) is 6.67. The lowest BCUT2D eigenvalue weighted by Gasteiger charge is -2.36. The number of carbonyl (C=O) groups is 3. The first-order valence-electron chi connectivity index (χ1n) is 15.0. The van der Waals surface area contributed by atoms with Crippen LogP contribution in [0.4, 0.5) is 10.5 Å². The van der Waals surface area contributed by atoms with Crippen LogP contribution in [0.2, 0.25) is 0 Å². The van der Waals surface area contributed by atoms with E-state index in [0.717, 1.165) is 72.6 Å². The highest BCUT2D eigenvalue weighted by Crippen LogP contribution is 2.45. The molecule has 0 aliphatic carbocycles. The minimum atomic E-state index is -0.687. The number of nitrogens with zero attached hydrogens (tertiary/aromatic N) is 3. The van der Waals surface area contributed by atoms with Gasteiger partial charge in [0.2, 0.25) is 0 Å². The summed E-state index contributed by atoms with van der Waals surface area (Å²) in [6.07, 6.45) is 1.20. The largest absolute Gasteiger partial charge is 0.379 e. The Morgan fingerprint density at radius 2 is 1.72 bits per heavy atom. The van der Waals surface area contributed by atoms with Gasteiger partial charge in [0.15, 0.2) is 0 Å². The number of aryl methyl sites for hydroxylation is 1. The maximum atomic E-state index is 14.4. The Balaban J connectivity index is 1.20. The lowest BCUT2D eigenvalue weighted by Crippen LogP contribution is -2.44. The molecule has 2 atom stereocenters. The first kappa shape index (κ1) is 27.4. The van der Waals surface area contributed by atoms with Crippen molar-refractivity contribution in [1.29, 1.82) is 0 Å². The summed E-state index contributed by atoms with van der Waals surface area (Å²) >= 11 is 0. The van der Waals surface area contributed by atoms with Gasteiger partial charge in [0.25, 0.3) is 11.8 Å². The van der Waals surface area contributed by atoms with Crippen molar-refractivity contribution in [1.82, 2.24) is 20.1 Å². The summed E-state index contributed by atoms with van der Waals surface area (Å²) < 4.78 is 5.41. The Hall–Kier alpha value is -4.47. The van der Waals surface area contributed by atoms with Gasteiger partial charge in [-0.3, -0.25) is 19.4 Å². The lowest BCUT2D eigenvalue weighted by molar-refractivity contribution is -0.120. The number of para-hydroxylation sites is 2. The number of urea groups is 1. The van der Waals surface area contributed by atoms with Gasteiger partial charge < -0.3 is 15.0 Å². The number of benzene rings is 3. The standard InChI is InChI=1S/C34H35N5O4/c1-22-9-2-3-10-23(22)31-30-26(24-11-4-6-13-27(24)36-30)21-29-33(41)39(34(42)38(29)31)28-14-7-5-12-25(28)32(40)35-15-8-16-37-17-19-43-20-18-37/h2-7,9-14,29,31,36H,8,15-21H2,1H3,(H,35,40)/t29-,31-/m0/s1. The van der Waals surface area contributed by atoms with E-state index in [1.807, 2.05) is 49.4 Å². The third-order valence-electron chi connectivity index (χ3n) is 8.96. The molecular weight excluding hydrogens is 542 g/mol. The highest BCUT2D eigenvalue weighted by Gasteiger charge is 2.53. The molecule has 2 N–H and O–H groups in total. The van der Waals surface area contributed by atoms with E-state index in [2.05, 4.69) is 21.3 Å². The molecule has 9 heteroatoms. The second-order valence-corrected chi connectivity index (χ2v) is 11.5. The summed E-state index contributed by atoms with van der Waals surface area (Å²) in [4.78, 5) is 50.8. The van der Waals surface area contributed by atoms with Crippen molar-refractivity contribution in [2.24, 2.45) is 0 Å². The minimum absolute atomic E-state index is 0.297. The van der Waals surface area contributed by atoms with Crippen LogP contribution in [-0.2, 0) is 16.0 Å². The van der Waals surface area contributed by atoms with E-state index in [1.54, 1.807) is 29.2 Å². The van der Waals surface area contributed by atoms with Crippen LogP contribution in [0.3, 0.4) is 0 Å². The minimum Gasteiger partial charge on any atom is -0.379 e. The van der Waals surface area contributed by atoms with Crippen molar-refractivity contribution in [3.8, 4) is 0 Å². The number of amides is 4. The van der Waals surface area contributed by atoms with Crippen molar-refractivity contribution >= 4 is 34.4 Å². The Morgan fingerprint density at radius 1 is 0.977 bits per heavy atom.